The summed E-state index contributed by atoms with van der Waals surface area (Å²) >= 11 is 0. The Kier molecular flexibility index (Phi) is 5.38. The SMILES string of the molecule is COCCN(Cc1ccco1)C(=O)C1CCN(C)C(=O)C1. The molecule has 1 unspecified atom stereocenters. The van der Waals surface area contributed by atoms with Crippen molar-refractivity contribution < 1.29 is 18.7 Å². The van der Waals surface area contributed by atoms with Crippen LogP contribution in [-0.2, 0) is 20.9 Å². The Morgan fingerprint density at radius 1 is 1.57 bits per heavy atom. The summed E-state index contributed by atoms with van der Waals surface area (Å²) in [7, 11) is 3.38. The van der Waals surface area contributed by atoms with Gasteiger partial charge in [0, 0.05) is 39.6 Å². The molecule has 1 saturated heterocycles. The summed E-state index contributed by atoms with van der Waals surface area (Å²) in [6, 6.07) is 3.64. The highest BCUT2D eigenvalue weighted by molar-refractivity contribution is 5.86. The number of likely N-dealkylation sites (tertiary alicyclic amines) is 1. The van der Waals surface area contributed by atoms with Gasteiger partial charge >= 0.3 is 0 Å². The Balaban J connectivity index is 2.01. The van der Waals surface area contributed by atoms with Crippen LogP contribution in [0.2, 0.25) is 0 Å². The monoisotopic (exact) mass is 294 g/mol. The van der Waals surface area contributed by atoms with Gasteiger partial charge in [0.05, 0.1) is 19.4 Å². The van der Waals surface area contributed by atoms with E-state index in [-0.39, 0.29) is 24.2 Å². The number of carbonyl (C=O) groups excluding carboxylic acids is 2. The van der Waals surface area contributed by atoms with Crippen molar-refractivity contribution in [1.29, 1.82) is 0 Å². The maximum Gasteiger partial charge on any atom is 0.226 e. The Labute approximate surface area is 124 Å². The molecule has 1 aliphatic heterocycles. The molecule has 116 valence electrons. The molecule has 0 radical (unpaired) electrons. The quantitative estimate of drug-likeness (QED) is 0.789. The van der Waals surface area contributed by atoms with E-state index in [0.29, 0.717) is 32.7 Å². The van der Waals surface area contributed by atoms with E-state index in [0.717, 1.165) is 5.76 Å². The molecule has 6 nitrogen and oxygen atoms in total. The molecule has 0 bridgehead atoms. The standard InChI is InChI=1S/C15H22N2O4/c1-16-6-5-12(10-14(16)18)15(19)17(7-9-20-2)11-13-4-3-8-21-13/h3-4,8,12H,5-7,9-11H2,1-2H3. The lowest BCUT2D eigenvalue weighted by atomic mass is 9.95. The van der Waals surface area contributed by atoms with Crippen molar-refractivity contribution in [3.63, 3.8) is 0 Å². The van der Waals surface area contributed by atoms with Gasteiger partial charge in [-0.05, 0) is 18.6 Å². The third-order valence-corrected chi connectivity index (χ3v) is 3.81. The molecule has 1 atom stereocenters. The molecule has 0 spiro atoms. The second-order valence-electron chi connectivity index (χ2n) is 5.34. The van der Waals surface area contributed by atoms with Gasteiger partial charge in [0.1, 0.15) is 5.76 Å². The fourth-order valence-electron chi connectivity index (χ4n) is 2.47. The molecule has 0 aliphatic carbocycles. The first-order valence-corrected chi connectivity index (χ1v) is 7.16. The first-order chi connectivity index (χ1) is 10.1. The van der Waals surface area contributed by atoms with Crippen molar-refractivity contribution in [2.75, 3.05) is 33.9 Å². The highest BCUT2D eigenvalue weighted by Crippen LogP contribution is 2.21. The van der Waals surface area contributed by atoms with E-state index in [4.69, 9.17) is 9.15 Å². The molecular weight excluding hydrogens is 272 g/mol. The second kappa shape index (κ2) is 7.26. The number of ether oxygens (including phenoxy) is 1. The van der Waals surface area contributed by atoms with Gasteiger partial charge in [-0.25, -0.2) is 0 Å². The number of carbonyl (C=O) groups is 2. The fraction of sp³-hybridized carbons (Fsp3) is 0.600. The van der Waals surface area contributed by atoms with Crippen molar-refractivity contribution in [1.82, 2.24) is 9.80 Å². The lowest BCUT2D eigenvalue weighted by molar-refractivity contribution is -0.145. The topological polar surface area (TPSA) is 63.0 Å². The number of methoxy groups -OCH3 is 1. The number of nitrogens with zero attached hydrogens (tertiary/aromatic N) is 2. The third-order valence-electron chi connectivity index (χ3n) is 3.81. The highest BCUT2D eigenvalue weighted by atomic mass is 16.5. The largest absolute Gasteiger partial charge is 0.467 e. The van der Waals surface area contributed by atoms with Gasteiger partial charge in [0.25, 0.3) is 0 Å². The molecule has 2 heterocycles. The summed E-state index contributed by atoms with van der Waals surface area (Å²) in [6.45, 7) is 2.01. The van der Waals surface area contributed by atoms with Crippen LogP contribution in [0.4, 0.5) is 0 Å². The summed E-state index contributed by atoms with van der Waals surface area (Å²) in [5, 5.41) is 0. The van der Waals surface area contributed by atoms with E-state index in [1.165, 1.54) is 0 Å². The van der Waals surface area contributed by atoms with E-state index in [2.05, 4.69) is 0 Å². The number of hydrogen-bond acceptors (Lipinski definition) is 4. The van der Waals surface area contributed by atoms with Crippen LogP contribution in [0.5, 0.6) is 0 Å². The lowest BCUT2D eigenvalue weighted by Gasteiger charge is -2.31. The van der Waals surface area contributed by atoms with Crippen LogP contribution in [0, 0.1) is 5.92 Å². The van der Waals surface area contributed by atoms with Crippen LogP contribution >= 0.6 is 0 Å². The van der Waals surface area contributed by atoms with Crippen LogP contribution in [0.15, 0.2) is 22.8 Å². The summed E-state index contributed by atoms with van der Waals surface area (Å²) < 4.78 is 10.4. The van der Waals surface area contributed by atoms with Gasteiger partial charge in [-0.3, -0.25) is 9.59 Å². The van der Waals surface area contributed by atoms with E-state index >= 15 is 0 Å². The van der Waals surface area contributed by atoms with Gasteiger partial charge < -0.3 is 19.0 Å². The van der Waals surface area contributed by atoms with Gasteiger partial charge in [0.15, 0.2) is 0 Å². The van der Waals surface area contributed by atoms with Crippen LogP contribution in [-0.4, -0.2) is 55.5 Å². The molecule has 0 aromatic carbocycles. The Morgan fingerprint density at radius 2 is 2.38 bits per heavy atom. The van der Waals surface area contributed by atoms with E-state index < -0.39 is 0 Å². The Hall–Kier alpha value is -1.82. The smallest absolute Gasteiger partial charge is 0.226 e. The summed E-state index contributed by atoms with van der Waals surface area (Å²) in [6.07, 6.45) is 2.59. The normalized spacial score (nSPS) is 18.9. The highest BCUT2D eigenvalue weighted by Gasteiger charge is 2.31. The van der Waals surface area contributed by atoms with Crippen LogP contribution in [0.3, 0.4) is 0 Å². The van der Waals surface area contributed by atoms with Gasteiger partial charge in [-0.2, -0.15) is 0 Å². The second-order valence-corrected chi connectivity index (χ2v) is 5.34. The van der Waals surface area contributed by atoms with Crippen molar-refractivity contribution in [3.8, 4) is 0 Å². The van der Waals surface area contributed by atoms with Crippen LogP contribution in [0.1, 0.15) is 18.6 Å². The molecule has 0 N–H and O–H groups in total. The van der Waals surface area contributed by atoms with E-state index in [1.807, 2.05) is 6.07 Å². The minimum atomic E-state index is -0.236. The zero-order chi connectivity index (χ0) is 15.2. The Bertz CT molecular complexity index is 472. The van der Waals surface area contributed by atoms with Crippen molar-refractivity contribution >= 4 is 11.8 Å². The summed E-state index contributed by atoms with van der Waals surface area (Å²) in [4.78, 5) is 27.8. The summed E-state index contributed by atoms with van der Waals surface area (Å²) in [5.74, 6) is 0.536. The van der Waals surface area contributed by atoms with Crippen LogP contribution in [0.25, 0.3) is 0 Å². The fourth-order valence-corrected chi connectivity index (χ4v) is 2.47. The number of furan rings is 1. The molecule has 0 saturated carbocycles. The predicted molar refractivity (Wildman–Crippen MR) is 76.4 cm³/mol. The number of hydrogen-bond donors (Lipinski definition) is 0. The first kappa shape index (κ1) is 15.6. The zero-order valence-corrected chi connectivity index (χ0v) is 12.6. The average Bonchev–Trinajstić information content (AvgIpc) is 2.98. The lowest BCUT2D eigenvalue weighted by Crippen LogP contribution is -2.44. The van der Waals surface area contributed by atoms with E-state index in [9.17, 15) is 9.59 Å². The third kappa shape index (κ3) is 4.07. The minimum absolute atomic E-state index is 0.00454. The number of rotatable bonds is 6. The molecule has 1 aliphatic rings. The van der Waals surface area contributed by atoms with Crippen LogP contribution < -0.4 is 0 Å². The van der Waals surface area contributed by atoms with Gasteiger partial charge in [-0.15, -0.1) is 0 Å². The van der Waals surface area contributed by atoms with Crippen molar-refractivity contribution in [2.45, 2.75) is 19.4 Å². The predicted octanol–water partition coefficient (Wildman–Crippen LogP) is 1.12. The molecule has 1 fully saturated rings. The van der Waals surface area contributed by atoms with E-state index in [1.54, 1.807) is 36.3 Å². The number of piperidine rings is 1. The number of amides is 2. The zero-order valence-electron chi connectivity index (χ0n) is 12.6. The molecule has 1 aromatic heterocycles. The van der Waals surface area contributed by atoms with Gasteiger partial charge in [0.2, 0.25) is 11.8 Å². The minimum Gasteiger partial charge on any atom is -0.467 e. The first-order valence-electron chi connectivity index (χ1n) is 7.16. The van der Waals surface area contributed by atoms with Gasteiger partial charge in [-0.1, -0.05) is 0 Å². The maximum absolute atomic E-state index is 12.6. The summed E-state index contributed by atoms with van der Waals surface area (Å²) in [5.41, 5.74) is 0. The van der Waals surface area contributed by atoms with Crippen molar-refractivity contribution in [2.24, 2.45) is 5.92 Å². The molecular formula is C15H22N2O4. The molecule has 2 rings (SSSR count). The Morgan fingerprint density at radius 3 is 3.00 bits per heavy atom. The molecule has 6 heteroatoms. The van der Waals surface area contributed by atoms with Crippen molar-refractivity contribution in [3.05, 3.63) is 24.2 Å². The molecule has 21 heavy (non-hydrogen) atoms. The molecule has 1 aromatic rings. The molecule has 2 amide bonds. The average molecular weight is 294 g/mol. The maximum atomic E-state index is 12.6.